The Labute approximate surface area is 137 Å². The van der Waals surface area contributed by atoms with Crippen molar-refractivity contribution in [3.8, 4) is 0 Å². The number of nitrogens with one attached hydrogen (secondary N) is 1. The Morgan fingerprint density at radius 2 is 1.83 bits per heavy atom. The number of alkyl halides is 3. The third-order valence-electron chi connectivity index (χ3n) is 4.77. The molecule has 1 aromatic rings. The molecule has 1 fully saturated rings. The van der Waals surface area contributed by atoms with E-state index in [4.69, 9.17) is 0 Å². The summed E-state index contributed by atoms with van der Waals surface area (Å²) in [5.41, 5.74) is -3.74. The van der Waals surface area contributed by atoms with Gasteiger partial charge in [0.05, 0.1) is 4.47 Å². The van der Waals surface area contributed by atoms with E-state index in [-0.39, 0.29) is 23.0 Å². The zero-order valence-corrected chi connectivity index (χ0v) is 13.7. The van der Waals surface area contributed by atoms with Crippen LogP contribution in [-0.2, 0) is 5.66 Å². The number of hydrogen-bond acceptors (Lipinski definition) is 3. The van der Waals surface area contributed by atoms with E-state index in [0.717, 1.165) is 0 Å². The number of aliphatic hydroxyl groups is 1. The van der Waals surface area contributed by atoms with Crippen molar-refractivity contribution in [2.75, 3.05) is 0 Å². The standard InChI is InChI=1S/C14H14BrF3N2O3/c1-7-6-8(15)11(22)20-9(7)10(21)19-13(20)4-2-12(23,3-5-13)14(16,17)18/h6,23H,2-5H2,1H3,(H,19,21)/t12-,13+. The van der Waals surface area contributed by atoms with Gasteiger partial charge in [-0.15, -0.1) is 0 Å². The molecule has 1 aliphatic carbocycles. The van der Waals surface area contributed by atoms with Crippen LogP contribution in [0.4, 0.5) is 13.2 Å². The first-order valence-electron chi connectivity index (χ1n) is 7.05. The number of hydrogen-bond donors (Lipinski definition) is 2. The van der Waals surface area contributed by atoms with E-state index < -0.39 is 41.7 Å². The Morgan fingerprint density at radius 1 is 1.26 bits per heavy atom. The molecule has 1 spiro atoms. The van der Waals surface area contributed by atoms with Gasteiger partial charge in [-0.25, -0.2) is 0 Å². The molecule has 2 aliphatic rings. The smallest absolute Gasteiger partial charge is 0.380 e. The fraction of sp³-hybridized carbons (Fsp3) is 0.571. The highest BCUT2D eigenvalue weighted by Gasteiger charge is 2.59. The Morgan fingerprint density at radius 3 is 2.35 bits per heavy atom. The molecular formula is C14H14BrF3N2O3. The maximum Gasteiger partial charge on any atom is 0.417 e. The first-order valence-corrected chi connectivity index (χ1v) is 7.84. The van der Waals surface area contributed by atoms with Crippen LogP contribution in [0.25, 0.3) is 0 Å². The molecule has 0 atom stereocenters. The highest BCUT2D eigenvalue weighted by molar-refractivity contribution is 9.10. The number of amides is 1. The first-order chi connectivity index (χ1) is 10.5. The molecule has 1 saturated carbocycles. The van der Waals surface area contributed by atoms with Crippen LogP contribution >= 0.6 is 15.9 Å². The van der Waals surface area contributed by atoms with Gasteiger partial charge in [0.25, 0.3) is 11.5 Å². The molecule has 1 aliphatic heterocycles. The lowest BCUT2D eigenvalue weighted by atomic mass is 9.78. The molecule has 9 heteroatoms. The second kappa shape index (κ2) is 4.83. The van der Waals surface area contributed by atoms with Crippen LogP contribution in [0, 0.1) is 6.92 Å². The van der Waals surface area contributed by atoms with Gasteiger partial charge in [-0.3, -0.25) is 14.2 Å². The summed E-state index contributed by atoms with van der Waals surface area (Å²) in [5, 5.41) is 12.5. The van der Waals surface area contributed by atoms with Gasteiger partial charge in [0.15, 0.2) is 5.60 Å². The minimum absolute atomic E-state index is 0.163. The van der Waals surface area contributed by atoms with Gasteiger partial charge in [-0.05, 0) is 60.2 Å². The van der Waals surface area contributed by atoms with Crippen molar-refractivity contribution in [1.82, 2.24) is 9.88 Å². The van der Waals surface area contributed by atoms with Gasteiger partial charge in [-0.1, -0.05) is 0 Å². The van der Waals surface area contributed by atoms with Crippen LogP contribution in [0.1, 0.15) is 41.7 Å². The summed E-state index contributed by atoms with van der Waals surface area (Å²) < 4.78 is 40.4. The number of rotatable bonds is 0. The fourth-order valence-electron chi connectivity index (χ4n) is 3.43. The zero-order valence-electron chi connectivity index (χ0n) is 12.1. The van der Waals surface area contributed by atoms with Crippen LogP contribution in [0.5, 0.6) is 0 Å². The molecule has 2 N–H and O–H groups in total. The number of carbonyl (C=O) groups is 1. The predicted molar refractivity (Wildman–Crippen MR) is 78.1 cm³/mol. The van der Waals surface area contributed by atoms with Crippen LogP contribution < -0.4 is 10.9 Å². The Bertz CT molecular complexity index is 749. The van der Waals surface area contributed by atoms with Crippen LogP contribution in [0.3, 0.4) is 0 Å². The molecule has 2 heterocycles. The topological polar surface area (TPSA) is 71.3 Å². The van der Waals surface area contributed by atoms with Crippen molar-refractivity contribution in [3.63, 3.8) is 0 Å². The number of aryl methyl sites for hydroxylation is 1. The molecule has 1 aromatic heterocycles. The average Bonchev–Trinajstić information content (AvgIpc) is 2.72. The average molecular weight is 395 g/mol. The van der Waals surface area contributed by atoms with Crippen molar-refractivity contribution >= 4 is 21.8 Å². The number of carbonyl (C=O) groups excluding carboxylic acids is 1. The maximum atomic E-state index is 13.0. The highest BCUT2D eigenvalue weighted by Crippen LogP contribution is 2.47. The molecule has 1 amide bonds. The van der Waals surface area contributed by atoms with Gasteiger partial charge in [0.1, 0.15) is 11.4 Å². The van der Waals surface area contributed by atoms with E-state index in [0.29, 0.717) is 5.56 Å². The van der Waals surface area contributed by atoms with Crippen molar-refractivity contribution < 1.29 is 23.1 Å². The Balaban J connectivity index is 2.07. The minimum atomic E-state index is -4.74. The quantitative estimate of drug-likeness (QED) is 0.708. The minimum Gasteiger partial charge on any atom is -0.380 e. The van der Waals surface area contributed by atoms with Crippen molar-refractivity contribution in [1.29, 1.82) is 0 Å². The van der Waals surface area contributed by atoms with Crippen molar-refractivity contribution in [2.24, 2.45) is 0 Å². The number of pyridine rings is 1. The van der Waals surface area contributed by atoms with E-state index in [9.17, 15) is 27.9 Å². The molecular weight excluding hydrogens is 381 g/mol. The number of aromatic nitrogens is 1. The normalized spacial score (nSPS) is 30.4. The van der Waals surface area contributed by atoms with Crippen LogP contribution in [0.2, 0.25) is 0 Å². The fourth-order valence-corrected chi connectivity index (χ4v) is 3.95. The number of fused-ring (bicyclic) bond motifs is 2. The van der Waals surface area contributed by atoms with Gasteiger partial charge in [-0.2, -0.15) is 13.2 Å². The second-order valence-corrected chi connectivity index (χ2v) is 7.03. The third kappa shape index (κ3) is 2.24. The zero-order chi connectivity index (χ0) is 17.2. The number of halogens is 4. The van der Waals surface area contributed by atoms with Gasteiger partial charge in [0, 0.05) is 0 Å². The Kier molecular flexibility index (Phi) is 3.46. The SMILES string of the molecule is Cc1cc(Br)c(=O)n2c1C(=O)N[C@]21CC[C@@](O)(C(F)(F)F)CC1. The summed E-state index contributed by atoms with van der Waals surface area (Å²) in [4.78, 5) is 24.6. The lowest BCUT2D eigenvalue weighted by Crippen LogP contribution is -2.57. The number of nitrogens with zero attached hydrogens (tertiary/aromatic N) is 1. The summed E-state index contributed by atoms with van der Waals surface area (Å²) in [7, 11) is 0. The molecule has 3 rings (SSSR count). The van der Waals surface area contributed by atoms with Gasteiger partial charge >= 0.3 is 6.18 Å². The molecule has 126 valence electrons. The predicted octanol–water partition coefficient (Wildman–Crippen LogP) is 2.18. The lowest BCUT2D eigenvalue weighted by Gasteiger charge is -2.43. The monoisotopic (exact) mass is 394 g/mol. The van der Waals surface area contributed by atoms with E-state index in [1.54, 1.807) is 6.92 Å². The summed E-state index contributed by atoms with van der Waals surface area (Å²) in [6, 6.07) is 1.52. The summed E-state index contributed by atoms with van der Waals surface area (Å²) in [6.07, 6.45) is -6.23. The van der Waals surface area contributed by atoms with Crippen LogP contribution in [0.15, 0.2) is 15.3 Å². The molecule has 0 aromatic carbocycles. The maximum absolute atomic E-state index is 13.0. The van der Waals surface area contributed by atoms with E-state index >= 15 is 0 Å². The molecule has 23 heavy (non-hydrogen) atoms. The Hall–Kier alpha value is -1.35. The lowest BCUT2D eigenvalue weighted by molar-refractivity contribution is -0.275. The molecule has 0 saturated heterocycles. The van der Waals surface area contributed by atoms with E-state index in [1.807, 2.05) is 0 Å². The second-order valence-electron chi connectivity index (χ2n) is 6.18. The van der Waals surface area contributed by atoms with Crippen LogP contribution in [-0.4, -0.2) is 27.4 Å². The third-order valence-corrected chi connectivity index (χ3v) is 5.34. The van der Waals surface area contributed by atoms with Gasteiger partial charge in [0.2, 0.25) is 0 Å². The highest BCUT2D eigenvalue weighted by atomic mass is 79.9. The largest absolute Gasteiger partial charge is 0.417 e. The molecule has 0 unspecified atom stereocenters. The molecule has 0 bridgehead atoms. The molecule has 5 nitrogen and oxygen atoms in total. The van der Waals surface area contributed by atoms with E-state index in [2.05, 4.69) is 21.2 Å². The molecule has 0 radical (unpaired) electrons. The van der Waals surface area contributed by atoms with Crippen molar-refractivity contribution in [2.45, 2.75) is 50.0 Å². The van der Waals surface area contributed by atoms with Crippen molar-refractivity contribution in [3.05, 3.63) is 32.2 Å². The summed E-state index contributed by atoms with van der Waals surface area (Å²) in [5.74, 6) is -0.482. The summed E-state index contributed by atoms with van der Waals surface area (Å²) in [6.45, 7) is 1.66. The first kappa shape index (κ1) is 16.5. The van der Waals surface area contributed by atoms with E-state index in [1.165, 1.54) is 10.6 Å². The van der Waals surface area contributed by atoms with Gasteiger partial charge < -0.3 is 10.4 Å². The summed E-state index contributed by atoms with van der Waals surface area (Å²) >= 11 is 3.12.